The number of piperidine rings is 1. The molecule has 3 aliphatic carbocycles. The van der Waals surface area contributed by atoms with Crippen LogP contribution < -0.4 is 14.8 Å². The lowest BCUT2D eigenvalue weighted by molar-refractivity contribution is -0.173. The predicted molar refractivity (Wildman–Crippen MR) is 170 cm³/mol. The van der Waals surface area contributed by atoms with Gasteiger partial charge in [-0.3, -0.25) is 14.5 Å². The molecule has 45 heavy (non-hydrogen) atoms. The molecule has 2 N–H and O–H groups in total. The van der Waals surface area contributed by atoms with Gasteiger partial charge in [0, 0.05) is 61.6 Å². The predicted octanol–water partition coefficient (Wildman–Crippen LogP) is 5.27. The molecule has 8 nitrogen and oxygen atoms in total. The summed E-state index contributed by atoms with van der Waals surface area (Å²) in [4.78, 5) is 26.6. The molecule has 3 aromatic carbocycles. The lowest BCUT2D eigenvalue weighted by atomic mass is 9.49. The van der Waals surface area contributed by atoms with Crippen molar-refractivity contribution >= 4 is 28.5 Å². The average Bonchev–Trinajstić information content (AvgIpc) is 3.68. The van der Waals surface area contributed by atoms with Crippen molar-refractivity contribution in [3.05, 3.63) is 88.6 Å². The van der Waals surface area contributed by atoms with E-state index < -0.39 is 17.1 Å². The quantitative estimate of drug-likeness (QED) is 0.230. The second-order valence-corrected chi connectivity index (χ2v) is 13.8. The Labute approximate surface area is 261 Å². The highest BCUT2D eigenvalue weighted by atomic mass is 16.6. The molecule has 8 heteroatoms. The van der Waals surface area contributed by atoms with Crippen LogP contribution in [0.2, 0.25) is 0 Å². The SMILES string of the molecule is CC(=O)Nc1cccc(Cn2c3c(c4ccccc42)C[C@@]2(O)[C@@H]4Cc5ccc(OC(C)=O)c6c5[C@@]2(CCN4CC2CC2)[C@H]3O6)c1. The van der Waals surface area contributed by atoms with Crippen LogP contribution in [0.5, 0.6) is 11.5 Å². The Morgan fingerprint density at radius 3 is 2.73 bits per heavy atom. The minimum atomic E-state index is -1.05. The number of aromatic nitrogens is 1. The number of benzene rings is 3. The molecule has 1 amide bonds. The van der Waals surface area contributed by atoms with Crippen molar-refractivity contribution in [3.63, 3.8) is 0 Å². The third-order valence-electron chi connectivity index (χ3n) is 11.2. The number of hydrogen-bond acceptors (Lipinski definition) is 6. The lowest BCUT2D eigenvalue weighted by Gasteiger charge is -2.63. The highest BCUT2D eigenvalue weighted by Gasteiger charge is 2.73. The number of fused-ring (bicyclic) bond motifs is 4. The Morgan fingerprint density at radius 2 is 1.93 bits per heavy atom. The van der Waals surface area contributed by atoms with E-state index in [0.29, 0.717) is 24.5 Å². The number of hydrogen-bond donors (Lipinski definition) is 2. The van der Waals surface area contributed by atoms with E-state index in [1.807, 2.05) is 24.3 Å². The van der Waals surface area contributed by atoms with Crippen LogP contribution in [0.4, 0.5) is 5.69 Å². The Hall–Kier alpha value is -4.14. The second kappa shape index (κ2) is 9.44. The maximum absolute atomic E-state index is 13.3. The van der Waals surface area contributed by atoms with E-state index in [1.54, 1.807) is 0 Å². The summed E-state index contributed by atoms with van der Waals surface area (Å²) in [6.07, 6.45) is 4.13. The molecular formula is C37H37N3O5. The smallest absolute Gasteiger partial charge is 0.308 e. The first-order chi connectivity index (χ1) is 21.8. The van der Waals surface area contributed by atoms with E-state index in [9.17, 15) is 14.7 Å². The number of anilines is 1. The van der Waals surface area contributed by atoms with Crippen molar-refractivity contribution in [2.75, 3.05) is 18.4 Å². The summed E-state index contributed by atoms with van der Waals surface area (Å²) in [5, 5.41) is 17.4. The zero-order valence-electron chi connectivity index (χ0n) is 25.6. The van der Waals surface area contributed by atoms with Gasteiger partial charge in [-0.1, -0.05) is 36.4 Å². The van der Waals surface area contributed by atoms with E-state index >= 15 is 0 Å². The number of esters is 1. The second-order valence-electron chi connectivity index (χ2n) is 13.8. The molecule has 1 saturated carbocycles. The van der Waals surface area contributed by atoms with Crippen LogP contribution in [0.25, 0.3) is 10.9 Å². The minimum absolute atomic E-state index is 0.0272. The monoisotopic (exact) mass is 603 g/mol. The van der Waals surface area contributed by atoms with Crippen molar-refractivity contribution in [1.29, 1.82) is 0 Å². The lowest BCUT2D eigenvalue weighted by Crippen LogP contribution is -2.74. The summed E-state index contributed by atoms with van der Waals surface area (Å²) in [6.45, 7) is 5.44. The molecular weight excluding hydrogens is 566 g/mol. The van der Waals surface area contributed by atoms with E-state index in [0.717, 1.165) is 70.8 Å². The van der Waals surface area contributed by atoms with Crippen LogP contribution in [0, 0.1) is 5.92 Å². The topological polar surface area (TPSA) is 93.0 Å². The molecule has 4 atom stereocenters. The minimum Gasteiger partial charge on any atom is -0.479 e. The van der Waals surface area contributed by atoms with E-state index in [4.69, 9.17) is 9.47 Å². The maximum Gasteiger partial charge on any atom is 0.308 e. The molecule has 1 spiro atoms. The largest absolute Gasteiger partial charge is 0.479 e. The molecule has 9 rings (SSSR count). The van der Waals surface area contributed by atoms with Gasteiger partial charge in [0.25, 0.3) is 0 Å². The number of rotatable bonds is 6. The van der Waals surface area contributed by atoms with Gasteiger partial charge >= 0.3 is 5.97 Å². The Bertz CT molecular complexity index is 1930. The molecule has 3 heterocycles. The van der Waals surface area contributed by atoms with Crippen LogP contribution in [0.15, 0.2) is 60.7 Å². The van der Waals surface area contributed by atoms with Crippen molar-refractivity contribution in [2.45, 2.75) is 75.7 Å². The fourth-order valence-corrected chi connectivity index (χ4v) is 9.33. The van der Waals surface area contributed by atoms with Gasteiger partial charge in [-0.15, -0.1) is 0 Å². The van der Waals surface area contributed by atoms with Crippen molar-refractivity contribution in [3.8, 4) is 11.5 Å². The molecule has 0 unspecified atom stereocenters. The fourth-order valence-electron chi connectivity index (χ4n) is 9.33. The van der Waals surface area contributed by atoms with Gasteiger partial charge in [0.05, 0.1) is 16.7 Å². The van der Waals surface area contributed by atoms with Crippen LogP contribution in [0.1, 0.15) is 67.2 Å². The molecule has 2 fully saturated rings. The Morgan fingerprint density at radius 1 is 1.09 bits per heavy atom. The number of nitrogens with zero attached hydrogens (tertiary/aromatic N) is 2. The molecule has 5 aliphatic rings. The molecule has 2 bridgehead atoms. The number of ether oxygens (including phenoxy) is 2. The van der Waals surface area contributed by atoms with Crippen molar-refractivity contribution < 1.29 is 24.2 Å². The highest BCUT2D eigenvalue weighted by molar-refractivity contribution is 5.89. The summed E-state index contributed by atoms with van der Waals surface area (Å²) in [7, 11) is 0. The molecule has 0 radical (unpaired) electrons. The molecule has 230 valence electrons. The number of likely N-dealkylation sites (tertiary alicyclic amines) is 1. The molecule has 1 aromatic heterocycles. The number of carbonyl (C=O) groups excluding carboxylic acids is 2. The van der Waals surface area contributed by atoms with Crippen LogP contribution in [0.3, 0.4) is 0 Å². The van der Waals surface area contributed by atoms with Gasteiger partial charge in [-0.05, 0) is 79.1 Å². The first-order valence-corrected chi connectivity index (χ1v) is 16.2. The van der Waals surface area contributed by atoms with Gasteiger partial charge in [0.2, 0.25) is 5.91 Å². The number of carbonyl (C=O) groups is 2. The Kier molecular flexibility index (Phi) is 5.70. The van der Waals surface area contributed by atoms with Crippen molar-refractivity contribution in [1.82, 2.24) is 9.47 Å². The summed E-state index contributed by atoms with van der Waals surface area (Å²) >= 11 is 0. The third kappa shape index (κ3) is 3.79. The van der Waals surface area contributed by atoms with Gasteiger partial charge in [0.1, 0.15) is 0 Å². The van der Waals surface area contributed by atoms with Gasteiger partial charge in [-0.2, -0.15) is 0 Å². The zero-order valence-corrected chi connectivity index (χ0v) is 25.6. The van der Waals surface area contributed by atoms with Crippen molar-refractivity contribution in [2.24, 2.45) is 5.92 Å². The Balaban J connectivity index is 1.27. The number of nitrogens with one attached hydrogen (secondary N) is 1. The number of amides is 1. The van der Waals surface area contributed by atoms with Gasteiger partial charge in [-0.25, -0.2) is 0 Å². The highest BCUT2D eigenvalue weighted by Crippen LogP contribution is 2.69. The average molecular weight is 604 g/mol. The summed E-state index contributed by atoms with van der Waals surface area (Å²) in [6, 6.07) is 20.4. The number of aliphatic hydroxyl groups is 1. The molecule has 2 aliphatic heterocycles. The van der Waals surface area contributed by atoms with E-state index in [1.165, 1.54) is 32.3 Å². The first-order valence-electron chi connectivity index (χ1n) is 16.2. The third-order valence-corrected chi connectivity index (χ3v) is 11.2. The van der Waals surface area contributed by atoms with E-state index in [2.05, 4.69) is 51.2 Å². The summed E-state index contributed by atoms with van der Waals surface area (Å²) < 4.78 is 15.2. The van der Waals surface area contributed by atoms with Crippen LogP contribution in [-0.4, -0.2) is 51.2 Å². The van der Waals surface area contributed by atoms with E-state index in [-0.39, 0.29) is 17.9 Å². The normalized spacial score (nSPS) is 27.4. The first kappa shape index (κ1) is 27.2. The van der Waals surface area contributed by atoms with Gasteiger partial charge < -0.3 is 24.5 Å². The summed E-state index contributed by atoms with van der Waals surface area (Å²) in [5.74, 6) is 1.26. The standard InChI is InChI=1S/C37H37N3O5/c1-21(41)38-26-7-5-6-24(16-26)20-40-29-9-4-3-8-27(29)28-18-37(43)31-17-25-12-13-30(44-22(2)42)34-32(25)36(37,35(45-34)33(28)40)14-15-39(31)19-23-10-11-23/h3-9,12-13,16,23,31,35,43H,10-11,14-15,17-20H2,1-2H3,(H,38,41)/t31-,35-,36-,37+/m0/s1. The molecule has 1 saturated heterocycles. The maximum atomic E-state index is 13.3. The van der Waals surface area contributed by atoms with Crippen LogP contribution >= 0.6 is 0 Å². The summed E-state index contributed by atoms with van der Waals surface area (Å²) in [5.41, 5.74) is 5.62. The zero-order chi connectivity index (χ0) is 30.7. The fraction of sp³-hybridized carbons (Fsp3) is 0.405. The van der Waals surface area contributed by atoms with Crippen LogP contribution in [-0.2, 0) is 34.4 Å². The number of para-hydroxylation sites is 1. The van der Waals surface area contributed by atoms with Gasteiger partial charge in [0.15, 0.2) is 17.6 Å². The molecule has 4 aromatic rings.